The average molecular weight is 291 g/mol. The summed E-state index contributed by atoms with van der Waals surface area (Å²) in [5.74, 6) is 0.108. The number of nitrogens with one attached hydrogen (secondary N) is 1. The minimum atomic E-state index is -3.82. The van der Waals surface area contributed by atoms with Gasteiger partial charge in [0.2, 0.25) is 0 Å². The molecule has 2 N–H and O–H groups in total. The van der Waals surface area contributed by atoms with E-state index < -0.39 is 16.0 Å². The Morgan fingerprint density at radius 1 is 1.67 bits per heavy atom. The third-order valence-electron chi connectivity index (χ3n) is 2.71. The molecule has 0 aromatic carbocycles. The van der Waals surface area contributed by atoms with Crippen molar-refractivity contribution in [3.63, 3.8) is 0 Å². The van der Waals surface area contributed by atoms with Gasteiger partial charge in [-0.25, -0.2) is 13.2 Å². The Balaban J connectivity index is 2.41. The Hall–Kier alpha value is -1.06. The Morgan fingerprint density at radius 3 is 3.00 bits per heavy atom. The second-order valence-corrected chi connectivity index (χ2v) is 6.93. The van der Waals surface area contributed by atoms with Gasteiger partial charge in [0.05, 0.1) is 6.20 Å². The van der Waals surface area contributed by atoms with Crippen LogP contribution in [0.15, 0.2) is 11.2 Å². The number of H-pyrrole nitrogens is 1. The van der Waals surface area contributed by atoms with E-state index in [1.807, 2.05) is 0 Å². The first-order chi connectivity index (χ1) is 8.44. The summed E-state index contributed by atoms with van der Waals surface area (Å²) in [6.45, 7) is 2.19. The second kappa shape index (κ2) is 4.90. The van der Waals surface area contributed by atoms with Crippen LogP contribution in [0.25, 0.3) is 0 Å². The molecule has 0 saturated carbocycles. The van der Waals surface area contributed by atoms with Gasteiger partial charge in [-0.05, 0) is 6.92 Å². The molecule has 7 nitrogen and oxygen atoms in total. The van der Waals surface area contributed by atoms with E-state index >= 15 is 0 Å². The van der Waals surface area contributed by atoms with Crippen molar-refractivity contribution in [1.29, 1.82) is 0 Å². The predicted octanol–water partition coefficient (Wildman–Crippen LogP) is 0.234. The van der Waals surface area contributed by atoms with Gasteiger partial charge in [-0.3, -0.25) is 5.10 Å². The molecule has 0 bridgehead atoms. The number of carbonyl (C=O) groups is 1. The summed E-state index contributed by atoms with van der Waals surface area (Å²) in [6, 6.07) is -0.154. The summed E-state index contributed by atoms with van der Waals surface area (Å²) >= 11 is 1.68. The molecule has 9 heteroatoms. The Labute approximate surface area is 109 Å². The number of aromatic amines is 1. The summed E-state index contributed by atoms with van der Waals surface area (Å²) in [4.78, 5) is 10.9. The molecule has 0 aliphatic carbocycles. The van der Waals surface area contributed by atoms with Crippen molar-refractivity contribution in [3.05, 3.63) is 11.8 Å². The van der Waals surface area contributed by atoms with Crippen molar-refractivity contribution in [1.82, 2.24) is 14.5 Å². The number of rotatable bonds is 3. The van der Waals surface area contributed by atoms with Crippen LogP contribution in [0, 0.1) is 0 Å². The van der Waals surface area contributed by atoms with Crippen molar-refractivity contribution in [3.8, 4) is 0 Å². The zero-order valence-corrected chi connectivity index (χ0v) is 11.3. The van der Waals surface area contributed by atoms with Crippen LogP contribution in [0.3, 0.4) is 0 Å². The van der Waals surface area contributed by atoms with Crippen LogP contribution in [0.4, 0.5) is 0 Å². The quantitative estimate of drug-likeness (QED) is 0.826. The molecule has 2 heterocycles. The van der Waals surface area contributed by atoms with Crippen molar-refractivity contribution in [2.75, 3.05) is 18.1 Å². The molecule has 1 atom stereocenters. The van der Waals surface area contributed by atoms with Crippen LogP contribution in [-0.4, -0.2) is 58.1 Å². The number of aromatic nitrogens is 2. The highest BCUT2D eigenvalue weighted by atomic mass is 32.2. The Kier molecular flexibility index (Phi) is 3.64. The maximum atomic E-state index is 12.4. The number of nitrogens with zero attached hydrogens (tertiary/aromatic N) is 2. The lowest BCUT2D eigenvalue weighted by Crippen LogP contribution is -2.44. The third kappa shape index (κ3) is 2.25. The Morgan fingerprint density at radius 2 is 2.39 bits per heavy atom. The van der Waals surface area contributed by atoms with E-state index in [0.717, 1.165) is 6.20 Å². The zero-order valence-electron chi connectivity index (χ0n) is 9.66. The first-order valence-electron chi connectivity index (χ1n) is 5.31. The molecule has 18 heavy (non-hydrogen) atoms. The van der Waals surface area contributed by atoms with Gasteiger partial charge in [0.1, 0.15) is 5.56 Å². The monoisotopic (exact) mass is 291 g/mol. The molecular weight excluding hydrogens is 278 g/mol. The van der Waals surface area contributed by atoms with Gasteiger partial charge in [0, 0.05) is 24.1 Å². The first kappa shape index (κ1) is 13.4. The van der Waals surface area contributed by atoms with E-state index in [0.29, 0.717) is 18.1 Å². The zero-order chi connectivity index (χ0) is 13.3. The molecular formula is C9H13N3O4S2. The normalized spacial score (nSPS) is 21.9. The lowest BCUT2D eigenvalue weighted by molar-refractivity contribution is 0.0692. The van der Waals surface area contributed by atoms with Gasteiger partial charge < -0.3 is 5.11 Å². The highest BCUT2D eigenvalue weighted by molar-refractivity contribution is 7.99. The minimum Gasteiger partial charge on any atom is -0.478 e. The van der Waals surface area contributed by atoms with Crippen molar-refractivity contribution in [2.45, 2.75) is 18.0 Å². The highest BCUT2D eigenvalue weighted by Gasteiger charge is 2.35. The van der Waals surface area contributed by atoms with E-state index in [9.17, 15) is 13.2 Å². The molecule has 0 spiro atoms. The van der Waals surface area contributed by atoms with Crippen molar-refractivity contribution < 1.29 is 18.3 Å². The van der Waals surface area contributed by atoms with Crippen LogP contribution in [0.5, 0.6) is 0 Å². The molecule has 1 aliphatic heterocycles. The van der Waals surface area contributed by atoms with Gasteiger partial charge in [0.25, 0.3) is 10.0 Å². The minimum absolute atomic E-state index is 0.154. The van der Waals surface area contributed by atoms with E-state index in [1.54, 1.807) is 18.7 Å². The summed E-state index contributed by atoms with van der Waals surface area (Å²) in [5.41, 5.74) is -0.319. The van der Waals surface area contributed by atoms with E-state index in [4.69, 9.17) is 5.11 Å². The smallest absolute Gasteiger partial charge is 0.340 e. The van der Waals surface area contributed by atoms with E-state index in [1.165, 1.54) is 4.31 Å². The second-order valence-electron chi connectivity index (χ2n) is 3.96. The van der Waals surface area contributed by atoms with Crippen LogP contribution in [0.2, 0.25) is 0 Å². The molecule has 0 radical (unpaired) electrons. The predicted molar refractivity (Wildman–Crippen MR) is 66.2 cm³/mol. The van der Waals surface area contributed by atoms with Crippen LogP contribution in [0.1, 0.15) is 17.3 Å². The first-order valence-corrected chi connectivity index (χ1v) is 7.90. The molecule has 0 amide bonds. The van der Waals surface area contributed by atoms with E-state index in [-0.39, 0.29) is 16.6 Å². The standard InChI is InChI=1S/C9H13N3O4S2/c1-6-5-17-3-2-12(6)18(15,16)8-7(9(13)14)4-10-11-8/h4,6H,2-3,5H2,1H3,(H,10,11)(H,13,14). The van der Waals surface area contributed by atoms with Gasteiger partial charge >= 0.3 is 5.97 Å². The number of sulfonamides is 1. The summed E-state index contributed by atoms with van der Waals surface area (Å²) in [7, 11) is -3.82. The Bertz CT molecular complexity index is 554. The van der Waals surface area contributed by atoms with Crippen LogP contribution >= 0.6 is 11.8 Å². The third-order valence-corrected chi connectivity index (χ3v) is 5.88. The van der Waals surface area contributed by atoms with E-state index in [2.05, 4.69) is 10.2 Å². The maximum absolute atomic E-state index is 12.4. The number of carboxylic acid groups (broad SMARTS) is 1. The van der Waals surface area contributed by atoms with Crippen LogP contribution < -0.4 is 0 Å². The fourth-order valence-electron chi connectivity index (χ4n) is 1.81. The lowest BCUT2D eigenvalue weighted by Gasteiger charge is -2.31. The van der Waals surface area contributed by atoms with Crippen molar-refractivity contribution >= 4 is 27.8 Å². The molecule has 100 valence electrons. The number of carboxylic acids is 1. The largest absolute Gasteiger partial charge is 0.478 e. The molecule has 1 aromatic heterocycles. The fourth-order valence-corrected chi connectivity index (χ4v) is 4.73. The van der Waals surface area contributed by atoms with Crippen molar-refractivity contribution in [2.24, 2.45) is 0 Å². The molecule has 1 saturated heterocycles. The molecule has 1 unspecified atom stereocenters. The number of thioether (sulfide) groups is 1. The summed E-state index contributed by atoms with van der Waals surface area (Å²) in [6.07, 6.45) is 1.01. The van der Waals surface area contributed by atoms with Gasteiger partial charge in [0.15, 0.2) is 5.03 Å². The maximum Gasteiger partial charge on any atom is 0.340 e. The molecule has 1 fully saturated rings. The lowest BCUT2D eigenvalue weighted by atomic mass is 10.4. The van der Waals surface area contributed by atoms with Gasteiger partial charge in [-0.15, -0.1) is 0 Å². The van der Waals surface area contributed by atoms with Gasteiger partial charge in [-0.1, -0.05) is 0 Å². The van der Waals surface area contributed by atoms with Gasteiger partial charge in [-0.2, -0.15) is 21.2 Å². The summed E-state index contributed by atoms with van der Waals surface area (Å²) in [5, 5.41) is 14.4. The SMILES string of the molecule is CC1CSCCN1S(=O)(=O)c1[nH]ncc1C(=O)O. The summed E-state index contributed by atoms with van der Waals surface area (Å²) < 4.78 is 26.1. The number of hydrogen-bond acceptors (Lipinski definition) is 5. The molecule has 2 rings (SSSR count). The highest BCUT2D eigenvalue weighted by Crippen LogP contribution is 2.25. The molecule has 1 aromatic rings. The number of aromatic carboxylic acids is 1. The molecule has 1 aliphatic rings. The average Bonchev–Trinajstić information content (AvgIpc) is 2.78. The topological polar surface area (TPSA) is 103 Å². The van der Waals surface area contributed by atoms with Crippen LogP contribution in [-0.2, 0) is 10.0 Å². The fraction of sp³-hybridized carbons (Fsp3) is 0.556. The number of hydrogen-bond donors (Lipinski definition) is 2.